The zero-order valence-electron chi connectivity index (χ0n) is 17.5. The molecular formula is C24H20N2O6. The van der Waals surface area contributed by atoms with E-state index < -0.39 is 4.92 Å². The predicted octanol–water partition coefficient (Wildman–Crippen LogP) is 3.80. The summed E-state index contributed by atoms with van der Waals surface area (Å²) in [6.45, 7) is 0.167. The number of carbonyl (C=O) groups is 2. The Morgan fingerprint density at radius 2 is 1.59 bits per heavy atom. The van der Waals surface area contributed by atoms with E-state index in [-0.39, 0.29) is 36.1 Å². The molecule has 1 aliphatic carbocycles. The van der Waals surface area contributed by atoms with Gasteiger partial charge in [-0.2, -0.15) is 0 Å². The van der Waals surface area contributed by atoms with Crippen molar-refractivity contribution in [1.29, 1.82) is 0 Å². The van der Waals surface area contributed by atoms with E-state index in [9.17, 15) is 19.7 Å². The van der Waals surface area contributed by atoms with Crippen LogP contribution in [-0.4, -0.2) is 37.4 Å². The van der Waals surface area contributed by atoms with Crippen molar-refractivity contribution in [3.05, 3.63) is 87.0 Å². The van der Waals surface area contributed by atoms with Crippen LogP contribution < -0.4 is 14.8 Å². The highest BCUT2D eigenvalue weighted by Crippen LogP contribution is 2.37. The topological polar surface area (TPSA) is 108 Å². The van der Waals surface area contributed by atoms with Crippen molar-refractivity contribution in [3.8, 4) is 22.6 Å². The van der Waals surface area contributed by atoms with Gasteiger partial charge in [0, 0.05) is 28.8 Å². The maximum Gasteiger partial charge on any atom is 0.276 e. The minimum atomic E-state index is -0.497. The number of benzene rings is 3. The molecule has 8 nitrogen and oxygen atoms in total. The van der Waals surface area contributed by atoms with E-state index in [2.05, 4.69) is 5.32 Å². The molecule has 32 heavy (non-hydrogen) atoms. The smallest absolute Gasteiger partial charge is 0.276 e. The molecule has 0 bridgehead atoms. The molecule has 0 aliphatic heterocycles. The number of hydrogen-bond acceptors (Lipinski definition) is 6. The minimum Gasteiger partial charge on any atom is -0.493 e. The first-order chi connectivity index (χ1) is 15.4. The highest BCUT2D eigenvalue weighted by molar-refractivity contribution is 6.22. The van der Waals surface area contributed by atoms with Crippen LogP contribution >= 0.6 is 0 Å². The van der Waals surface area contributed by atoms with E-state index in [0.29, 0.717) is 28.0 Å². The molecule has 4 rings (SSSR count). The number of nitro groups is 1. The van der Waals surface area contributed by atoms with Crippen LogP contribution in [-0.2, 0) is 6.42 Å². The molecule has 0 radical (unpaired) electrons. The summed E-state index contributed by atoms with van der Waals surface area (Å²) in [5, 5.41) is 14.2. The van der Waals surface area contributed by atoms with Gasteiger partial charge in [-0.05, 0) is 35.7 Å². The van der Waals surface area contributed by atoms with Crippen LogP contribution in [0.2, 0.25) is 0 Å². The molecule has 0 saturated heterocycles. The fourth-order valence-electron chi connectivity index (χ4n) is 3.86. The van der Waals surface area contributed by atoms with Gasteiger partial charge >= 0.3 is 0 Å². The summed E-state index contributed by atoms with van der Waals surface area (Å²) in [4.78, 5) is 36.2. The van der Waals surface area contributed by atoms with Crippen molar-refractivity contribution in [1.82, 2.24) is 5.32 Å². The van der Waals surface area contributed by atoms with Gasteiger partial charge in [-0.3, -0.25) is 19.7 Å². The normalized spacial score (nSPS) is 11.5. The van der Waals surface area contributed by atoms with E-state index in [1.165, 1.54) is 26.4 Å². The number of carbonyl (C=O) groups excluding carboxylic acids is 2. The van der Waals surface area contributed by atoms with Crippen molar-refractivity contribution in [2.45, 2.75) is 6.42 Å². The average Bonchev–Trinajstić information content (AvgIpc) is 3.10. The summed E-state index contributed by atoms with van der Waals surface area (Å²) in [5.74, 6) is 0.165. The number of nitro benzene ring substituents is 1. The van der Waals surface area contributed by atoms with Gasteiger partial charge in [0.25, 0.3) is 11.6 Å². The Morgan fingerprint density at radius 3 is 2.28 bits per heavy atom. The van der Waals surface area contributed by atoms with Gasteiger partial charge in [0.05, 0.1) is 25.2 Å². The Hall–Kier alpha value is -4.20. The molecule has 3 aromatic rings. The van der Waals surface area contributed by atoms with Crippen LogP contribution in [0.25, 0.3) is 11.1 Å². The van der Waals surface area contributed by atoms with Crippen molar-refractivity contribution in [2.24, 2.45) is 0 Å². The number of methoxy groups -OCH3 is 2. The van der Waals surface area contributed by atoms with Crippen LogP contribution in [0.3, 0.4) is 0 Å². The van der Waals surface area contributed by atoms with Crippen LogP contribution in [0.15, 0.2) is 54.6 Å². The molecular weight excluding hydrogens is 412 g/mol. The van der Waals surface area contributed by atoms with Gasteiger partial charge in [0.15, 0.2) is 17.3 Å². The lowest BCUT2D eigenvalue weighted by atomic mass is 10.0. The Bertz CT molecular complexity index is 1250. The summed E-state index contributed by atoms with van der Waals surface area (Å²) >= 11 is 0. The Kier molecular flexibility index (Phi) is 5.59. The van der Waals surface area contributed by atoms with Gasteiger partial charge in [-0.1, -0.05) is 30.3 Å². The van der Waals surface area contributed by atoms with E-state index in [0.717, 1.165) is 11.1 Å². The first kappa shape index (κ1) is 21.0. The standard InChI is InChI=1S/C24H20N2O6/c1-31-21-12-14(20(26(29)30)13-22(21)32-2)9-10-25-24(28)15-7-8-17-16-5-3-4-6-18(16)23(27)19(17)11-15/h3-8,11-13H,9-10H2,1-2H3,(H,25,28). The summed E-state index contributed by atoms with van der Waals surface area (Å²) in [5.41, 5.74) is 3.44. The van der Waals surface area contributed by atoms with Crippen LogP contribution in [0.5, 0.6) is 11.5 Å². The fraction of sp³-hybridized carbons (Fsp3) is 0.167. The van der Waals surface area contributed by atoms with Crippen molar-refractivity contribution in [3.63, 3.8) is 0 Å². The third kappa shape index (κ3) is 3.66. The minimum absolute atomic E-state index is 0.105. The Morgan fingerprint density at radius 1 is 0.938 bits per heavy atom. The van der Waals surface area contributed by atoms with Crippen molar-refractivity contribution >= 4 is 17.4 Å². The maximum absolute atomic E-state index is 12.7. The van der Waals surface area contributed by atoms with Gasteiger partial charge in [-0.25, -0.2) is 0 Å². The second-order valence-electron chi connectivity index (χ2n) is 7.23. The molecule has 0 aromatic heterocycles. The summed E-state index contributed by atoms with van der Waals surface area (Å²) in [6, 6.07) is 15.2. The predicted molar refractivity (Wildman–Crippen MR) is 118 cm³/mol. The number of rotatable bonds is 7. The number of hydrogen-bond donors (Lipinski definition) is 1. The molecule has 0 saturated carbocycles. The number of nitrogens with zero attached hydrogens (tertiary/aromatic N) is 1. The van der Waals surface area contributed by atoms with Crippen LogP contribution in [0.4, 0.5) is 5.69 Å². The van der Waals surface area contributed by atoms with Crippen molar-refractivity contribution in [2.75, 3.05) is 20.8 Å². The second kappa shape index (κ2) is 8.50. The average molecular weight is 432 g/mol. The lowest BCUT2D eigenvalue weighted by Crippen LogP contribution is -2.26. The van der Waals surface area contributed by atoms with Crippen molar-refractivity contribution < 1.29 is 24.0 Å². The van der Waals surface area contributed by atoms with Gasteiger partial charge in [0.1, 0.15) is 0 Å². The molecule has 0 heterocycles. The molecule has 1 amide bonds. The lowest BCUT2D eigenvalue weighted by molar-refractivity contribution is -0.385. The highest BCUT2D eigenvalue weighted by Gasteiger charge is 2.27. The summed E-state index contributed by atoms with van der Waals surface area (Å²) in [7, 11) is 2.85. The third-order valence-electron chi connectivity index (χ3n) is 5.45. The van der Waals surface area contributed by atoms with Gasteiger partial charge in [-0.15, -0.1) is 0 Å². The monoisotopic (exact) mass is 432 g/mol. The number of fused-ring (bicyclic) bond motifs is 3. The molecule has 0 unspecified atom stereocenters. The number of ketones is 1. The maximum atomic E-state index is 12.7. The number of ether oxygens (including phenoxy) is 2. The largest absolute Gasteiger partial charge is 0.493 e. The SMILES string of the molecule is COc1cc(CCNC(=O)c2ccc3c(c2)C(=O)c2ccccc2-3)c([N+](=O)[O-])cc1OC. The van der Waals surface area contributed by atoms with E-state index >= 15 is 0 Å². The highest BCUT2D eigenvalue weighted by atomic mass is 16.6. The molecule has 8 heteroatoms. The molecule has 0 fully saturated rings. The first-order valence-corrected chi connectivity index (χ1v) is 9.90. The molecule has 0 atom stereocenters. The quantitative estimate of drug-likeness (QED) is 0.352. The number of nitrogens with one attached hydrogen (secondary N) is 1. The number of amides is 1. The van der Waals surface area contributed by atoms with Gasteiger partial charge in [0.2, 0.25) is 0 Å². The fourth-order valence-corrected chi connectivity index (χ4v) is 3.86. The van der Waals surface area contributed by atoms with E-state index in [1.54, 1.807) is 24.3 Å². The Labute approximate surface area is 183 Å². The first-order valence-electron chi connectivity index (χ1n) is 9.90. The van der Waals surface area contributed by atoms with Crippen LogP contribution in [0.1, 0.15) is 31.8 Å². The van der Waals surface area contributed by atoms with Crippen LogP contribution in [0, 0.1) is 10.1 Å². The summed E-state index contributed by atoms with van der Waals surface area (Å²) in [6.07, 6.45) is 0.220. The Balaban J connectivity index is 1.49. The van der Waals surface area contributed by atoms with E-state index in [1.807, 2.05) is 18.2 Å². The molecule has 162 valence electrons. The van der Waals surface area contributed by atoms with E-state index in [4.69, 9.17) is 9.47 Å². The summed E-state index contributed by atoms with van der Waals surface area (Å²) < 4.78 is 10.3. The zero-order valence-corrected chi connectivity index (χ0v) is 17.5. The van der Waals surface area contributed by atoms with Gasteiger partial charge < -0.3 is 14.8 Å². The molecule has 1 aliphatic rings. The third-order valence-corrected chi connectivity index (χ3v) is 5.45. The molecule has 0 spiro atoms. The molecule has 3 aromatic carbocycles. The lowest BCUT2D eigenvalue weighted by Gasteiger charge is -2.11. The second-order valence-corrected chi connectivity index (χ2v) is 7.23. The molecule has 1 N–H and O–H groups in total. The zero-order chi connectivity index (χ0) is 22.8.